The Hall–Kier alpha value is -2.30. The van der Waals surface area contributed by atoms with Gasteiger partial charge in [0.15, 0.2) is 0 Å². The van der Waals surface area contributed by atoms with Crippen molar-refractivity contribution in [2.75, 3.05) is 4.90 Å². The first-order valence-electron chi connectivity index (χ1n) is 5.12. The molecule has 2 rings (SSSR count). The SMILES string of the molecule is CC(=O)N(C(C)=O)c1cc2cc(O)ccc2[nH]1. The number of anilines is 1. The van der Waals surface area contributed by atoms with Crippen LogP contribution < -0.4 is 4.90 Å². The van der Waals surface area contributed by atoms with Gasteiger partial charge in [-0.1, -0.05) is 0 Å². The second-order valence-electron chi connectivity index (χ2n) is 3.80. The fraction of sp³-hybridized carbons (Fsp3) is 0.167. The average Bonchev–Trinajstić information content (AvgIpc) is 2.58. The molecule has 1 aromatic carbocycles. The predicted molar refractivity (Wildman–Crippen MR) is 63.8 cm³/mol. The molecule has 0 atom stereocenters. The Labute approximate surface area is 97.7 Å². The van der Waals surface area contributed by atoms with Gasteiger partial charge in [-0.15, -0.1) is 0 Å². The molecule has 0 saturated carbocycles. The van der Waals surface area contributed by atoms with Gasteiger partial charge in [0.05, 0.1) is 0 Å². The van der Waals surface area contributed by atoms with Crippen molar-refractivity contribution in [3.8, 4) is 5.75 Å². The number of H-pyrrole nitrogens is 1. The molecular formula is C12H12N2O3. The van der Waals surface area contributed by atoms with Gasteiger partial charge in [0, 0.05) is 24.8 Å². The zero-order valence-electron chi connectivity index (χ0n) is 9.52. The number of hydrogen-bond donors (Lipinski definition) is 2. The predicted octanol–water partition coefficient (Wildman–Crippen LogP) is 1.77. The third-order valence-electron chi connectivity index (χ3n) is 2.46. The van der Waals surface area contributed by atoms with E-state index in [9.17, 15) is 14.7 Å². The van der Waals surface area contributed by atoms with Gasteiger partial charge < -0.3 is 10.1 Å². The zero-order chi connectivity index (χ0) is 12.6. The van der Waals surface area contributed by atoms with Crippen LogP contribution in [-0.2, 0) is 9.59 Å². The number of hydrogen-bond acceptors (Lipinski definition) is 3. The molecule has 2 aromatic rings. The minimum absolute atomic E-state index is 0.139. The van der Waals surface area contributed by atoms with Crippen LogP contribution in [0, 0.1) is 0 Å². The fourth-order valence-corrected chi connectivity index (χ4v) is 1.79. The van der Waals surface area contributed by atoms with Crippen LogP contribution in [0.25, 0.3) is 10.9 Å². The number of imide groups is 1. The van der Waals surface area contributed by atoms with Crippen molar-refractivity contribution < 1.29 is 14.7 Å². The molecule has 0 aliphatic heterocycles. The van der Waals surface area contributed by atoms with Crippen molar-refractivity contribution in [1.29, 1.82) is 0 Å². The van der Waals surface area contributed by atoms with Crippen LogP contribution >= 0.6 is 0 Å². The van der Waals surface area contributed by atoms with Crippen molar-refractivity contribution in [1.82, 2.24) is 4.98 Å². The van der Waals surface area contributed by atoms with E-state index in [-0.39, 0.29) is 17.6 Å². The molecule has 0 spiro atoms. The molecule has 0 saturated heterocycles. The van der Waals surface area contributed by atoms with E-state index in [4.69, 9.17) is 0 Å². The summed E-state index contributed by atoms with van der Waals surface area (Å²) in [5.74, 6) is -0.160. The highest BCUT2D eigenvalue weighted by atomic mass is 16.3. The lowest BCUT2D eigenvalue weighted by atomic mass is 10.2. The van der Waals surface area contributed by atoms with Crippen molar-refractivity contribution >= 4 is 28.5 Å². The van der Waals surface area contributed by atoms with Crippen LogP contribution in [0.5, 0.6) is 5.75 Å². The lowest BCUT2D eigenvalue weighted by Crippen LogP contribution is -2.33. The Morgan fingerprint density at radius 3 is 2.41 bits per heavy atom. The molecule has 0 fully saturated rings. The molecule has 5 heteroatoms. The summed E-state index contributed by atoms with van der Waals surface area (Å²) in [5.41, 5.74) is 0.755. The highest BCUT2D eigenvalue weighted by Gasteiger charge is 2.18. The number of aromatic amines is 1. The molecule has 1 heterocycles. The number of carbonyl (C=O) groups is 2. The molecule has 5 nitrogen and oxygen atoms in total. The number of benzene rings is 1. The second kappa shape index (κ2) is 3.93. The van der Waals surface area contributed by atoms with Gasteiger partial charge in [-0.2, -0.15) is 0 Å². The largest absolute Gasteiger partial charge is 0.508 e. The first kappa shape index (κ1) is 11.2. The molecule has 0 bridgehead atoms. The van der Waals surface area contributed by atoms with E-state index in [1.165, 1.54) is 19.9 Å². The van der Waals surface area contributed by atoms with Crippen LogP contribution in [0.2, 0.25) is 0 Å². The van der Waals surface area contributed by atoms with Gasteiger partial charge in [-0.05, 0) is 24.3 Å². The molecular weight excluding hydrogens is 220 g/mol. The number of nitrogens with zero attached hydrogens (tertiary/aromatic N) is 1. The topological polar surface area (TPSA) is 73.4 Å². The number of rotatable bonds is 1. The van der Waals surface area contributed by atoms with E-state index in [1.807, 2.05) is 0 Å². The lowest BCUT2D eigenvalue weighted by molar-refractivity contribution is -0.124. The van der Waals surface area contributed by atoms with E-state index in [1.54, 1.807) is 18.2 Å². The van der Waals surface area contributed by atoms with E-state index in [0.717, 1.165) is 15.8 Å². The maximum Gasteiger partial charge on any atom is 0.231 e. The van der Waals surface area contributed by atoms with E-state index >= 15 is 0 Å². The fourth-order valence-electron chi connectivity index (χ4n) is 1.79. The van der Waals surface area contributed by atoms with Gasteiger partial charge in [0.25, 0.3) is 0 Å². The van der Waals surface area contributed by atoms with Crippen LogP contribution in [0.15, 0.2) is 24.3 Å². The summed E-state index contributed by atoms with van der Waals surface area (Å²) in [7, 11) is 0. The molecule has 2 amide bonds. The van der Waals surface area contributed by atoms with Crippen LogP contribution in [0.3, 0.4) is 0 Å². The minimum atomic E-state index is -0.353. The molecule has 0 unspecified atom stereocenters. The molecule has 1 aromatic heterocycles. The van der Waals surface area contributed by atoms with Gasteiger partial charge in [-0.25, -0.2) is 4.90 Å². The Bertz CT molecular complexity index is 587. The third kappa shape index (κ3) is 1.99. The number of carbonyl (C=O) groups excluding carboxylic acids is 2. The summed E-state index contributed by atoms with van der Waals surface area (Å²) in [5, 5.41) is 10.1. The van der Waals surface area contributed by atoms with Crippen molar-refractivity contribution in [3.05, 3.63) is 24.3 Å². The zero-order valence-corrected chi connectivity index (χ0v) is 9.52. The summed E-state index contributed by atoms with van der Waals surface area (Å²) < 4.78 is 0. The third-order valence-corrected chi connectivity index (χ3v) is 2.46. The highest BCUT2D eigenvalue weighted by Crippen LogP contribution is 2.25. The Morgan fingerprint density at radius 2 is 1.82 bits per heavy atom. The Kier molecular flexibility index (Phi) is 2.59. The van der Waals surface area contributed by atoms with Gasteiger partial charge in [0.1, 0.15) is 11.6 Å². The second-order valence-corrected chi connectivity index (χ2v) is 3.80. The minimum Gasteiger partial charge on any atom is -0.508 e. The Balaban J connectivity index is 2.55. The number of phenols is 1. The maximum absolute atomic E-state index is 11.4. The van der Waals surface area contributed by atoms with E-state index in [0.29, 0.717) is 5.82 Å². The van der Waals surface area contributed by atoms with Crippen LogP contribution in [-0.4, -0.2) is 21.9 Å². The summed E-state index contributed by atoms with van der Waals surface area (Å²) in [6, 6.07) is 6.44. The quantitative estimate of drug-likeness (QED) is 0.787. The number of aromatic nitrogens is 1. The van der Waals surface area contributed by atoms with E-state index < -0.39 is 0 Å². The van der Waals surface area contributed by atoms with Gasteiger partial charge in [0.2, 0.25) is 11.8 Å². The number of nitrogens with one attached hydrogen (secondary N) is 1. The summed E-state index contributed by atoms with van der Waals surface area (Å²) in [6.45, 7) is 2.65. The average molecular weight is 232 g/mol. The number of fused-ring (bicyclic) bond motifs is 1. The van der Waals surface area contributed by atoms with Crippen molar-refractivity contribution in [2.24, 2.45) is 0 Å². The van der Waals surface area contributed by atoms with Crippen molar-refractivity contribution in [3.63, 3.8) is 0 Å². The summed E-state index contributed by atoms with van der Waals surface area (Å²) >= 11 is 0. The number of phenolic OH excluding ortho intramolecular Hbond substituents is 1. The monoisotopic (exact) mass is 232 g/mol. The normalized spacial score (nSPS) is 10.5. The first-order valence-corrected chi connectivity index (χ1v) is 5.12. The molecule has 17 heavy (non-hydrogen) atoms. The molecule has 2 N–H and O–H groups in total. The summed E-state index contributed by atoms with van der Waals surface area (Å²) in [6.07, 6.45) is 0. The molecule has 0 radical (unpaired) electrons. The molecule has 88 valence electrons. The van der Waals surface area contributed by atoms with Crippen LogP contribution in [0.4, 0.5) is 5.82 Å². The van der Waals surface area contributed by atoms with Crippen molar-refractivity contribution in [2.45, 2.75) is 13.8 Å². The maximum atomic E-state index is 11.4. The van der Waals surface area contributed by atoms with Crippen LogP contribution in [0.1, 0.15) is 13.8 Å². The first-order chi connectivity index (χ1) is 7.99. The smallest absolute Gasteiger partial charge is 0.231 e. The Morgan fingerprint density at radius 1 is 1.18 bits per heavy atom. The van der Waals surface area contributed by atoms with Gasteiger partial charge in [-0.3, -0.25) is 9.59 Å². The molecule has 0 aliphatic rings. The number of aromatic hydroxyl groups is 1. The molecule has 0 aliphatic carbocycles. The summed E-state index contributed by atoms with van der Waals surface area (Å²) in [4.78, 5) is 26.7. The standard InChI is InChI=1S/C12H12N2O3/c1-7(15)14(8(2)16)12-6-9-5-10(17)3-4-11(9)13-12/h3-6,13,17H,1-2H3. The number of amides is 2. The van der Waals surface area contributed by atoms with Gasteiger partial charge >= 0.3 is 0 Å². The highest BCUT2D eigenvalue weighted by molar-refractivity contribution is 6.13. The lowest BCUT2D eigenvalue weighted by Gasteiger charge is -2.14. The van der Waals surface area contributed by atoms with E-state index in [2.05, 4.69) is 4.98 Å².